The molecule has 0 fully saturated rings. The van der Waals surface area contributed by atoms with Crippen LogP contribution in [0.5, 0.6) is 0 Å². The maximum absolute atomic E-state index is 5.81. The molecule has 0 aliphatic rings. The Morgan fingerprint density at radius 1 is 1.27 bits per heavy atom. The quantitative estimate of drug-likeness (QED) is 0.836. The van der Waals surface area contributed by atoms with Crippen molar-refractivity contribution in [3.8, 4) is 0 Å². The van der Waals surface area contributed by atoms with Gasteiger partial charge in [-0.25, -0.2) is 0 Å². The van der Waals surface area contributed by atoms with Crippen LogP contribution >= 0.6 is 11.8 Å². The zero-order valence-electron chi connectivity index (χ0n) is 9.68. The number of pyridine rings is 1. The van der Waals surface area contributed by atoms with Gasteiger partial charge in [0.15, 0.2) is 0 Å². The van der Waals surface area contributed by atoms with Gasteiger partial charge in [0.05, 0.1) is 0 Å². The molecule has 2 atom stereocenters. The molecule has 0 saturated heterocycles. The zero-order chi connectivity index (χ0) is 11.3. The van der Waals surface area contributed by atoms with E-state index in [9.17, 15) is 0 Å². The van der Waals surface area contributed by atoms with Gasteiger partial charge in [-0.15, -0.1) is 11.8 Å². The lowest BCUT2D eigenvalue weighted by molar-refractivity contribution is 0.639. The van der Waals surface area contributed by atoms with Gasteiger partial charge in [-0.05, 0) is 23.6 Å². The van der Waals surface area contributed by atoms with Crippen LogP contribution in [0.25, 0.3) is 0 Å². The average molecular weight is 224 g/mol. The van der Waals surface area contributed by atoms with Crippen LogP contribution < -0.4 is 5.73 Å². The van der Waals surface area contributed by atoms with Crippen LogP contribution in [0.3, 0.4) is 0 Å². The molecule has 0 aromatic carbocycles. The lowest BCUT2D eigenvalue weighted by Crippen LogP contribution is -2.15. The summed E-state index contributed by atoms with van der Waals surface area (Å²) in [7, 11) is 0. The zero-order valence-corrected chi connectivity index (χ0v) is 10.5. The van der Waals surface area contributed by atoms with E-state index in [0.29, 0.717) is 23.0 Å². The number of nitrogens with two attached hydrogens (primary N) is 1. The molecule has 84 valence electrons. The Bertz CT molecular complexity index is 274. The second-order valence-corrected chi connectivity index (χ2v) is 5.67. The van der Waals surface area contributed by atoms with E-state index >= 15 is 0 Å². The molecule has 1 aromatic heterocycles. The normalized spacial score (nSPS) is 15.3. The number of hydrogen-bond donors (Lipinski definition) is 1. The van der Waals surface area contributed by atoms with Crippen molar-refractivity contribution in [2.45, 2.75) is 31.3 Å². The van der Waals surface area contributed by atoms with E-state index in [0.717, 1.165) is 0 Å². The number of hydrogen-bond acceptors (Lipinski definition) is 3. The van der Waals surface area contributed by atoms with Crippen molar-refractivity contribution in [2.24, 2.45) is 11.7 Å². The molecule has 2 unspecified atom stereocenters. The summed E-state index contributed by atoms with van der Waals surface area (Å²) in [5.74, 6) is 0.686. The van der Waals surface area contributed by atoms with E-state index in [1.165, 1.54) is 5.56 Å². The Balaban J connectivity index is 2.65. The van der Waals surface area contributed by atoms with Gasteiger partial charge in [-0.1, -0.05) is 20.8 Å². The molecule has 3 heteroatoms. The molecule has 0 aliphatic heterocycles. The van der Waals surface area contributed by atoms with Gasteiger partial charge < -0.3 is 5.73 Å². The van der Waals surface area contributed by atoms with Gasteiger partial charge in [-0.2, -0.15) is 0 Å². The molecule has 1 heterocycles. The van der Waals surface area contributed by atoms with E-state index in [1.54, 1.807) is 0 Å². The third-order valence-corrected chi connectivity index (χ3v) is 4.38. The number of nitrogens with zero attached hydrogens (tertiary/aromatic N) is 1. The van der Waals surface area contributed by atoms with Gasteiger partial charge in [0.2, 0.25) is 0 Å². The van der Waals surface area contributed by atoms with Gasteiger partial charge in [0.25, 0.3) is 0 Å². The van der Waals surface area contributed by atoms with Crippen molar-refractivity contribution < 1.29 is 0 Å². The molecule has 2 nitrogen and oxygen atoms in total. The Kier molecular flexibility index (Phi) is 5.12. The summed E-state index contributed by atoms with van der Waals surface area (Å²) < 4.78 is 0. The second kappa shape index (κ2) is 6.13. The van der Waals surface area contributed by atoms with E-state index in [2.05, 4.69) is 37.9 Å². The molecule has 0 radical (unpaired) electrons. The SMILES string of the molecule is CC(C)C(C)SC(CN)c1ccncc1. The highest BCUT2D eigenvalue weighted by molar-refractivity contribution is 8.00. The highest BCUT2D eigenvalue weighted by atomic mass is 32.2. The maximum atomic E-state index is 5.81. The lowest BCUT2D eigenvalue weighted by Gasteiger charge is -2.22. The highest BCUT2D eigenvalue weighted by Gasteiger charge is 2.16. The minimum Gasteiger partial charge on any atom is -0.329 e. The molecular formula is C12H20N2S. The molecule has 15 heavy (non-hydrogen) atoms. The molecule has 0 saturated carbocycles. The van der Waals surface area contributed by atoms with Gasteiger partial charge in [0, 0.05) is 29.4 Å². The van der Waals surface area contributed by atoms with Gasteiger partial charge in [0.1, 0.15) is 0 Å². The summed E-state index contributed by atoms with van der Waals surface area (Å²) in [6.07, 6.45) is 3.66. The van der Waals surface area contributed by atoms with Crippen molar-refractivity contribution >= 4 is 11.8 Å². The summed E-state index contributed by atoms with van der Waals surface area (Å²) >= 11 is 1.95. The Hall–Kier alpha value is -0.540. The van der Waals surface area contributed by atoms with Crippen LogP contribution in [-0.2, 0) is 0 Å². The van der Waals surface area contributed by atoms with Crippen molar-refractivity contribution in [2.75, 3.05) is 6.54 Å². The molecule has 1 rings (SSSR count). The first-order valence-corrected chi connectivity index (χ1v) is 6.35. The van der Waals surface area contributed by atoms with Crippen LogP contribution in [-0.4, -0.2) is 16.8 Å². The molecular weight excluding hydrogens is 204 g/mol. The Morgan fingerprint density at radius 2 is 1.87 bits per heavy atom. The van der Waals surface area contributed by atoms with Crippen LogP contribution in [0.1, 0.15) is 31.6 Å². The molecule has 0 bridgehead atoms. The van der Waals surface area contributed by atoms with Crippen LogP contribution in [0.2, 0.25) is 0 Å². The summed E-state index contributed by atoms with van der Waals surface area (Å²) in [5.41, 5.74) is 7.09. The molecule has 0 amide bonds. The summed E-state index contributed by atoms with van der Waals surface area (Å²) in [5, 5.41) is 1.03. The second-order valence-electron chi connectivity index (χ2n) is 4.09. The molecule has 2 N–H and O–H groups in total. The first-order chi connectivity index (χ1) is 7.15. The van der Waals surface area contributed by atoms with Crippen molar-refractivity contribution in [3.63, 3.8) is 0 Å². The Morgan fingerprint density at radius 3 is 2.33 bits per heavy atom. The van der Waals surface area contributed by atoms with E-state index in [4.69, 9.17) is 5.73 Å². The molecule has 0 aliphatic carbocycles. The van der Waals surface area contributed by atoms with E-state index in [-0.39, 0.29) is 0 Å². The molecule has 0 spiro atoms. The third-order valence-electron chi connectivity index (χ3n) is 2.61. The smallest absolute Gasteiger partial charge is 0.0423 e. The van der Waals surface area contributed by atoms with Gasteiger partial charge >= 0.3 is 0 Å². The average Bonchev–Trinajstić information content (AvgIpc) is 2.26. The van der Waals surface area contributed by atoms with Crippen LogP contribution in [0.15, 0.2) is 24.5 Å². The fraction of sp³-hybridized carbons (Fsp3) is 0.583. The fourth-order valence-electron chi connectivity index (χ4n) is 1.26. The monoisotopic (exact) mass is 224 g/mol. The van der Waals surface area contributed by atoms with Crippen molar-refractivity contribution in [1.82, 2.24) is 4.98 Å². The highest BCUT2D eigenvalue weighted by Crippen LogP contribution is 2.33. The summed E-state index contributed by atoms with van der Waals surface area (Å²) in [6, 6.07) is 4.11. The largest absolute Gasteiger partial charge is 0.329 e. The van der Waals surface area contributed by atoms with Crippen LogP contribution in [0.4, 0.5) is 0 Å². The first-order valence-electron chi connectivity index (χ1n) is 5.40. The number of aromatic nitrogens is 1. The van der Waals surface area contributed by atoms with Gasteiger partial charge in [-0.3, -0.25) is 4.98 Å². The lowest BCUT2D eigenvalue weighted by atomic mass is 10.1. The fourth-order valence-corrected chi connectivity index (χ4v) is 2.52. The van der Waals surface area contributed by atoms with Crippen molar-refractivity contribution in [3.05, 3.63) is 30.1 Å². The van der Waals surface area contributed by atoms with Crippen molar-refractivity contribution in [1.29, 1.82) is 0 Å². The van der Waals surface area contributed by atoms with E-state index in [1.807, 2.05) is 24.2 Å². The number of rotatable bonds is 5. The summed E-state index contributed by atoms with van der Waals surface area (Å²) in [6.45, 7) is 7.44. The first kappa shape index (κ1) is 12.5. The maximum Gasteiger partial charge on any atom is 0.0423 e. The molecule has 1 aromatic rings. The third kappa shape index (κ3) is 3.84. The minimum atomic E-state index is 0.394. The summed E-state index contributed by atoms with van der Waals surface area (Å²) in [4.78, 5) is 4.03. The predicted octanol–water partition coefficient (Wildman–Crippen LogP) is 2.86. The topological polar surface area (TPSA) is 38.9 Å². The predicted molar refractivity (Wildman–Crippen MR) is 67.9 cm³/mol. The number of thioether (sulfide) groups is 1. The van der Waals surface area contributed by atoms with E-state index < -0.39 is 0 Å². The minimum absolute atomic E-state index is 0.394. The standard InChI is InChI=1S/C12H20N2S/c1-9(2)10(3)15-12(8-13)11-4-6-14-7-5-11/h4-7,9-10,12H,8,13H2,1-3H3. The van der Waals surface area contributed by atoms with Crippen LogP contribution in [0, 0.1) is 5.92 Å². The Labute approximate surface area is 96.7 Å².